The summed E-state index contributed by atoms with van der Waals surface area (Å²) in [6.07, 6.45) is -0.174. The second kappa shape index (κ2) is 5.12. The van der Waals surface area contributed by atoms with Crippen LogP contribution in [-0.2, 0) is 4.74 Å². The lowest BCUT2D eigenvalue weighted by atomic mass is 10.2. The van der Waals surface area contributed by atoms with E-state index < -0.39 is 0 Å². The fraction of sp³-hybridized carbons (Fsp3) is 0.455. The minimum Gasteiger partial charge on any atom is -0.483 e. The van der Waals surface area contributed by atoms with Crippen LogP contribution < -0.4 is 10.1 Å². The number of rotatable bonds is 3. The van der Waals surface area contributed by atoms with Gasteiger partial charge in [-0.05, 0) is 28.1 Å². The van der Waals surface area contributed by atoms with Gasteiger partial charge in [-0.25, -0.2) is 4.39 Å². The zero-order valence-electron chi connectivity index (χ0n) is 8.87. The van der Waals surface area contributed by atoms with E-state index in [-0.39, 0.29) is 23.8 Å². The highest BCUT2D eigenvalue weighted by molar-refractivity contribution is 9.10. The monoisotopic (exact) mass is 289 g/mol. The fourth-order valence-corrected chi connectivity index (χ4v) is 2.07. The lowest BCUT2D eigenvalue weighted by molar-refractivity contribution is 0.0328. The van der Waals surface area contributed by atoms with Gasteiger partial charge in [0.25, 0.3) is 0 Å². The maximum atomic E-state index is 13.7. The number of halogens is 2. The maximum Gasteiger partial charge on any atom is 0.179 e. The molecule has 5 heteroatoms. The average Bonchev–Trinajstić information content (AvgIpc) is 2.72. The van der Waals surface area contributed by atoms with E-state index in [1.54, 1.807) is 25.3 Å². The van der Waals surface area contributed by atoms with Gasteiger partial charge in [-0.3, -0.25) is 0 Å². The molecule has 16 heavy (non-hydrogen) atoms. The number of ether oxygens (including phenoxy) is 2. The molecule has 1 saturated heterocycles. The highest BCUT2D eigenvalue weighted by Crippen LogP contribution is 2.26. The van der Waals surface area contributed by atoms with Crippen LogP contribution in [0, 0.1) is 5.82 Å². The van der Waals surface area contributed by atoms with Crippen molar-refractivity contribution in [2.75, 3.05) is 20.2 Å². The first-order valence-electron chi connectivity index (χ1n) is 5.06. The van der Waals surface area contributed by atoms with Crippen LogP contribution in [0.4, 0.5) is 4.39 Å². The minimum absolute atomic E-state index is 0.0293. The standard InChI is InChI=1S/C11H13BrFNO2/c1-15-9-5-14-6-10(9)16-8-4-2-3-7(12)11(8)13/h2-4,9-10,14H,5-6H2,1H3. The Kier molecular flexibility index (Phi) is 3.78. The Morgan fingerprint density at radius 2 is 2.12 bits per heavy atom. The molecular formula is C11H13BrFNO2. The predicted molar refractivity (Wildman–Crippen MR) is 62.2 cm³/mol. The quantitative estimate of drug-likeness (QED) is 0.923. The van der Waals surface area contributed by atoms with Crippen molar-refractivity contribution in [2.45, 2.75) is 12.2 Å². The predicted octanol–water partition coefficient (Wildman–Crippen LogP) is 1.95. The van der Waals surface area contributed by atoms with E-state index in [4.69, 9.17) is 9.47 Å². The molecule has 1 heterocycles. The summed E-state index contributed by atoms with van der Waals surface area (Å²) < 4.78 is 24.9. The van der Waals surface area contributed by atoms with E-state index in [1.165, 1.54) is 0 Å². The summed E-state index contributed by atoms with van der Waals surface area (Å²) in [6.45, 7) is 1.40. The third kappa shape index (κ3) is 2.36. The Morgan fingerprint density at radius 1 is 1.38 bits per heavy atom. The summed E-state index contributed by atoms with van der Waals surface area (Å²) >= 11 is 3.13. The average molecular weight is 290 g/mol. The van der Waals surface area contributed by atoms with Gasteiger partial charge >= 0.3 is 0 Å². The lowest BCUT2D eigenvalue weighted by Crippen LogP contribution is -2.31. The second-order valence-corrected chi connectivity index (χ2v) is 4.49. The number of methoxy groups -OCH3 is 1. The Bertz CT molecular complexity index is 375. The molecule has 2 rings (SSSR count). The maximum absolute atomic E-state index is 13.7. The molecule has 0 radical (unpaired) electrons. The summed E-state index contributed by atoms with van der Waals surface area (Å²) in [5.74, 6) is -0.116. The molecule has 1 aliphatic heterocycles. The molecule has 88 valence electrons. The van der Waals surface area contributed by atoms with Crippen LogP contribution in [0.25, 0.3) is 0 Å². The number of benzene rings is 1. The number of hydrogen-bond acceptors (Lipinski definition) is 3. The largest absolute Gasteiger partial charge is 0.483 e. The van der Waals surface area contributed by atoms with E-state index in [0.29, 0.717) is 11.0 Å². The summed E-state index contributed by atoms with van der Waals surface area (Å²) in [5, 5.41) is 3.14. The third-order valence-corrected chi connectivity index (χ3v) is 3.22. The molecule has 0 aliphatic carbocycles. The molecule has 0 spiro atoms. The fourth-order valence-electron chi connectivity index (χ4n) is 1.72. The van der Waals surface area contributed by atoms with Crippen LogP contribution >= 0.6 is 15.9 Å². The van der Waals surface area contributed by atoms with Gasteiger partial charge in [0.1, 0.15) is 12.2 Å². The first kappa shape index (κ1) is 11.8. The zero-order chi connectivity index (χ0) is 11.5. The van der Waals surface area contributed by atoms with Crippen LogP contribution in [0.5, 0.6) is 5.75 Å². The molecule has 0 amide bonds. The molecule has 2 unspecified atom stereocenters. The molecule has 0 bridgehead atoms. The molecule has 1 aromatic carbocycles. The van der Waals surface area contributed by atoms with E-state index in [9.17, 15) is 4.39 Å². The van der Waals surface area contributed by atoms with Crippen molar-refractivity contribution in [1.29, 1.82) is 0 Å². The molecular weight excluding hydrogens is 277 g/mol. The van der Waals surface area contributed by atoms with Gasteiger partial charge in [-0.15, -0.1) is 0 Å². The second-order valence-electron chi connectivity index (χ2n) is 3.64. The van der Waals surface area contributed by atoms with E-state index >= 15 is 0 Å². The van der Waals surface area contributed by atoms with Crippen molar-refractivity contribution < 1.29 is 13.9 Å². The highest BCUT2D eigenvalue weighted by Gasteiger charge is 2.29. The SMILES string of the molecule is COC1CNCC1Oc1cccc(Br)c1F. The molecule has 0 aromatic heterocycles. The molecule has 1 aliphatic rings. The van der Waals surface area contributed by atoms with Crippen molar-refractivity contribution in [3.05, 3.63) is 28.5 Å². The molecule has 2 atom stereocenters. The number of hydrogen-bond donors (Lipinski definition) is 1. The van der Waals surface area contributed by atoms with Gasteiger partial charge in [0.15, 0.2) is 11.6 Å². The van der Waals surface area contributed by atoms with Gasteiger partial charge in [-0.2, -0.15) is 0 Å². The van der Waals surface area contributed by atoms with Crippen LogP contribution in [0.15, 0.2) is 22.7 Å². The van der Waals surface area contributed by atoms with Crippen LogP contribution in [0.1, 0.15) is 0 Å². The van der Waals surface area contributed by atoms with Crippen molar-refractivity contribution >= 4 is 15.9 Å². The van der Waals surface area contributed by atoms with E-state index in [2.05, 4.69) is 21.2 Å². The van der Waals surface area contributed by atoms with E-state index in [0.717, 1.165) is 6.54 Å². The Labute approximate surface area is 102 Å². The molecule has 1 N–H and O–H groups in total. The van der Waals surface area contributed by atoms with Crippen LogP contribution in [0.2, 0.25) is 0 Å². The first-order valence-corrected chi connectivity index (χ1v) is 5.86. The summed E-state index contributed by atoms with van der Waals surface area (Å²) in [4.78, 5) is 0. The van der Waals surface area contributed by atoms with Crippen LogP contribution in [0.3, 0.4) is 0 Å². The minimum atomic E-state index is -0.371. The van der Waals surface area contributed by atoms with Gasteiger partial charge in [-0.1, -0.05) is 6.07 Å². The van der Waals surface area contributed by atoms with Gasteiger partial charge in [0.2, 0.25) is 0 Å². The van der Waals surface area contributed by atoms with Crippen molar-refractivity contribution in [2.24, 2.45) is 0 Å². The van der Waals surface area contributed by atoms with Gasteiger partial charge in [0, 0.05) is 20.2 Å². The molecule has 1 aromatic rings. The normalized spacial score (nSPS) is 24.7. The molecule has 0 saturated carbocycles. The lowest BCUT2D eigenvalue weighted by Gasteiger charge is -2.19. The van der Waals surface area contributed by atoms with Crippen molar-refractivity contribution in [3.8, 4) is 5.75 Å². The Morgan fingerprint density at radius 3 is 2.88 bits per heavy atom. The summed E-state index contributed by atoms with van der Waals surface area (Å²) in [6, 6.07) is 5.00. The van der Waals surface area contributed by atoms with Gasteiger partial charge in [0.05, 0.1) is 4.47 Å². The molecule has 3 nitrogen and oxygen atoms in total. The summed E-state index contributed by atoms with van der Waals surface area (Å²) in [5.41, 5.74) is 0. The van der Waals surface area contributed by atoms with Crippen molar-refractivity contribution in [3.63, 3.8) is 0 Å². The van der Waals surface area contributed by atoms with E-state index in [1.807, 2.05) is 0 Å². The van der Waals surface area contributed by atoms with Gasteiger partial charge < -0.3 is 14.8 Å². The number of nitrogens with one attached hydrogen (secondary N) is 1. The van der Waals surface area contributed by atoms with Crippen LogP contribution in [-0.4, -0.2) is 32.4 Å². The first-order chi connectivity index (χ1) is 7.72. The molecule has 1 fully saturated rings. The third-order valence-electron chi connectivity index (χ3n) is 2.60. The smallest absolute Gasteiger partial charge is 0.179 e. The Balaban J connectivity index is 2.11. The topological polar surface area (TPSA) is 30.5 Å². The Hall–Kier alpha value is -0.650. The summed E-state index contributed by atoms with van der Waals surface area (Å²) in [7, 11) is 1.63. The zero-order valence-corrected chi connectivity index (χ0v) is 10.5. The van der Waals surface area contributed by atoms with Crippen molar-refractivity contribution in [1.82, 2.24) is 5.32 Å². The highest BCUT2D eigenvalue weighted by atomic mass is 79.9.